The summed E-state index contributed by atoms with van der Waals surface area (Å²) in [6, 6.07) is 15.5. The molecule has 1 aromatic heterocycles. The molecule has 1 heterocycles. The summed E-state index contributed by atoms with van der Waals surface area (Å²) in [6.07, 6.45) is 0. The molecular weight excluding hydrogens is 410 g/mol. The van der Waals surface area contributed by atoms with Crippen LogP contribution in [0.4, 0.5) is 0 Å². The van der Waals surface area contributed by atoms with Gasteiger partial charge in [-0.1, -0.05) is 36.4 Å². The first-order chi connectivity index (χ1) is 13.7. The van der Waals surface area contributed by atoms with Gasteiger partial charge in [0.25, 0.3) is 9.05 Å². The van der Waals surface area contributed by atoms with Crippen molar-refractivity contribution in [3.63, 3.8) is 0 Å². The maximum absolute atomic E-state index is 12.3. The summed E-state index contributed by atoms with van der Waals surface area (Å²) in [4.78, 5) is 16.9. The van der Waals surface area contributed by atoms with E-state index >= 15 is 0 Å². The van der Waals surface area contributed by atoms with Gasteiger partial charge in [0.15, 0.2) is 0 Å². The first-order valence-electron chi connectivity index (χ1n) is 8.80. The van der Waals surface area contributed by atoms with E-state index in [2.05, 4.69) is 4.98 Å². The molecule has 1 N–H and O–H groups in total. The molecule has 0 aliphatic heterocycles. The van der Waals surface area contributed by atoms with Crippen molar-refractivity contribution < 1.29 is 18.3 Å². The highest BCUT2D eigenvalue weighted by Crippen LogP contribution is 2.39. The molecule has 0 fully saturated rings. The van der Waals surface area contributed by atoms with Gasteiger partial charge >= 0.3 is 5.97 Å². The zero-order chi connectivity index (χ0) is 20.9. The van der Waals surface area contributed by atoms with Crippen LogP contribution in [-0.2, 0) is 9.05 Å². The number of carboxylic acids is 1. The summed E-state index contributed by atoms with van der Waals surface area (Å²) in [6.45, 7) is 3.52. The third-order valence-corrected chi connectivity index (χ3v) is 6.54. The standard InChI is InChI=1S/C22H16ClNO4S/c1-12-10-11-18(29(23,27)28)13(2)19(12)15-7-5-9-17-20(15)21(22(25)26)14-6-3-4-8-16(14)24-17/h3-11H,1-2H3,(H,25,26). The molecule has 5 nitrogen and oxygen atoms in total. The molecule has 4 aromatic rings. The second-order valence-corrected chi connectivity index (χ2v) is 9.36. The van der Waals surface area contributed by atoms with Gasteiger partial charge in [-0.15, -0.1) is 0 Å². The number of hydrogen-bond acceptors (Lipinski definition) is 4. The van der Waals surface area contributed by atoms with Crippen LogP contribution < -0.4 is 0 Å². The van der Waals surface area contributed by atoms with Crippen molar-refractivity contribution in [3.8, 4) is 11.1 Å². The molecule has 0 radical (unpaired) electrons. The summed E-state index contributed by atoms with van der Waals surface area (Å²) >= 11 is 0. The van der Waals surface area contributed by atoms with E-state index in [1.165, 1.54) is 6.07 Å². The Hall–Kier alpha value is -2.96. The molecule has 0 bridgehead atoms. The van der Waals surface area contributed by atoms with Gasteiger partial charge in [0.1, 0.15) is 0 Å². The smallest absolute Gasteiger partial charge is 0.337 e. The molecule has 0 spiro atoms. The first kappa shape index (κ1) is 19.4. The Morgan fingerprint density at radius 1 is 0.966 bits per heavy atom. The molecule has 0 saturated carbocycles. The predicted octanol–water partition coefficient (Wildman–Crippen LogP) is 5.30. The summed E-state index contributed by atoms with van der Waals surface area (Å²) in [5.41, 5.74) is 3.77. The lowest BCUT2D eigenvalue weighted by molar-refractivity contribution is 0.0701. The summed E-state index contributed by atoms with van der Waals surface area (Å²) in [7, 11) is 1.66. The topological polar surface area (TPSA) is 84.3 Å². The van der Waals surface area contributed by atoms with E-state index < -0.39 is 15.0 Å². The van der Waals surface area contributed by atoms with Gasteiger partial charge in [-0.05, 0) is 54.3 Å². The van der Waals surface area contributed by atoms with Crippen LogP contribution in [0.5, 0.6) is 0 Å². The van der Waals surface area contributed by atoms with Crippen molar-refractivity contribution in [2.45, 2.75) is 18.7 Å². The molecule has 0 atom stereocenters. The average molecular weight is 426 g/mol. The van der Waals surface area contributed by atoms with Crippen molar-refractivity contribution in [1.82, 2.24) is 4.98 Å². The van der Waals surface area contributed by atoms with E-state index in [1.807, 2.05) is 6.92 Å². The maximum Gasteiger partial charge on any atom is 0.337 e. The highest BCUT2D eigenvalue weighted by Gasteiger charge is 2.23. The number of halogens is 1. The zero-order valence-corrected chi connectivity index (χ0v) is 17.2. The van der Waals surface area contributed by atoms with Crippen molar-refractivity contribution in [2.24, 2.45) is 0 Å². The van der Waals surface area contributed by atoms with E-state index in [1.54, 1.807) is 55.5 Å². The Morgan fingerprint density at radius 2 is 1.66 bits per heavy atom. The number of fused-ring (bicyclic) bond motifs is 2. The van der Waals surface area contributed by atoms with Crippen LogP contribution in [0.25, 0.3) is 32.9 Å². The SMILES string of the molecule is Cc1ccc(S(=O)(=O)Cl)c(C)c1-c1cccc2nc3ccccc3c(C(=O)O)c12. The van der Waals surface area contributed by atoms with Crippen LogP contribution in [0.15, 0.2) is 59.5 Å². The fraction of sp³-hybridized carbons (Fsp3) is 0.0909. The van der Waals surface area contributed by atoms with Gasteiger partial charge in [0.05, 0.1) is 21.5 Å². The quantitative estimate of drug-likeness (QED) is 0.355. The number of pyridine rings is 1. The maximum atomic E-state index is 12.3. The number of benzene rings is 3. The predicted molar refractivity (Wildman–Crippen MR) is 114 cm³/mol. The number of rotatable bonds is 3. The van der Waals surface area contributed by atoms with Gasteiger partial charge in [-0.3, -0.25) is 0 Å². The fourth-order valence-corrected chi connectivity index (χ4v) is 5.08. The van der Waals surface area contributed by atoms with E-state index in [4.69, 9.17) is 10.7 Å². The monoisotopic (exact) mass is 425 g/mol. The number of aromatic carboxylic acids is 1. The second kappa shape index (κ2) is 6.83. The minimum atomic E-state index is -3.95. The molecule has 0 aliphatic rings. The summed E-state index contributed by atoms with van der Waals surface area (Å²) in [5, 5.41) is 11.0. The molecule has 0 unspecified atom stereocenters. The summed E-state index contributed by atoms with van der Waals surface area (Å²) in [5.74, 6) is -1.07. The molecule has 7 heteroatoms. The number of carbonyl (C=O) groups is 1. The van der Waals surface area contributed by atoms with E-state index in [0.29, 0.717) is 38.5 Å². The van der Waals surface area contributed by atoms with Gasteiger partial charge in [-0.25, -0.2) is 18.2 Å². The van der Waals surface area contributed by atoms with E-state index in [9.17, 15) is 18.3 Å². The normalized spacial score (nSPS) is 11.8. The highest BCUT2D eigenvalue weighted by atomic mass is 35.7. The number of aromatic nitrogens is 1. The summed E-state index contributed by atoms with van der Waals surface area (Å²) < 4.78 is 24.0. The minimum Gasteiger partial charge on any atom is -0.478 e. The minimum absolute atomic E-state index is 0.00222. The Bertz CT molecular complexity index is 1430. The Morgan fingerprint density at radius 3 is 2.34 bits per heavy atom. The van der Waals surface area contributed by atoms with Crippen LogP contribution >= 0.6 is 10.7 Å². The lowest BCUT2D eigenvalue weighted by Crippen LogP contribution is -2.04. The lowest BCUT2D eigenvalue weighted by atomic mass is 9.90. The Balaban J connectivity index is 2.23. The van der Waals surface area contributed by atoms with Gasteiger partial charge in [0.2, 0.25) is 0 Å². The first-order valence-corrected chi connectivity index (χ1v) is 11.1. The molecule has 0 saturated heterocycles. The number of para-hydroxylation sites is 1. The molecule has 4 rings (SSSR count). The highest BCUT2D eigenvalue weighted by molar-refractivity contribution is 8.13. The van der Waals surface area contributed by atoms with Crippen molar-refractivity contribution in [3.05, 3.63) is 71.3 Å². The lowest BCUT2D eigenvalue weighted by Gasteiger charge is -2.17. The molecule has 0 aliphatic carbocycles. The third-order valence-electron chi connectivity index (χ3n) is 5.08. The van der Waals surface area contributed by atoms with Gasteiger partial charge in [-0.2, -0.15) is 0 Å². The van der Waals surface area contributed by atoms with Gasteiger partial charge in [0, 0.05) is 21.5 Å². The molecule has 29 heavy (non-hydrogen) atoms. The van der Waals surface area contributed by atoms with Crippen LogP contribution in [0, 0.1) is 13.8 Å². The molecule has 146 valence electrons. The largest absolute Gasteiger partial charge is 0.478 e. The zero-order valence-electron chi connectivity index (χ0n) is 15.6. The fourth-order valence-electron chi connectivity index (χ4n) is 3.88. The van der Waals surface area contributed by atoms with Crippen LogP contribution in [0.3, 0.4) is 0 Å². The third kappa shape index (κ3) is 3.14. The Kier molecular flexibility index (Phi) is 4.56. The van der Waals surface area contributed by atoms with Crippen molar-refractivity contribution in [1.29, 1.82) is 0 Å². The molecule has 3 aromatic carbocycles. The molecular formula is C22H16ClNO4S. The number of hydrogen-bond donors (Lipinski definition) is 1. The second-order valence-electron chi connectivity index (χ2n) is 6.83. The van der Waals surface area contributed by atoms with E-state index in [0.717, 1.165) is 5.56 Å². The van der Waals surface area contributed by atoms with Crippen molar-refractivity contribution in [2.75, 3.05) is 0 Å². The van der Waals surface area contributed by atoms with Crippen molar-refractivity contribution >= 4 is 47.5 Å². The van der Waals surface area contributed by atoms with Crippen LogP contribution in [0.2, 0.25) is 0 Å². The molecule has 0 amide bonds. The van der Waals surface area contributed by atoms with E-state index in [-0.39, 0.29) is 10.5 Å². The Labute approximate surface area is 172 Å². The average Bonchev–Trinajstić information content (AvgIpc) is 2.65. The number of nitrogens with zero attached hydrogens (tertiary/aromatic N) is 1. The van der Waals surface area contributed by atoms with Gasteiger partial charge < -0.3 is 5.11 Å². The van der Waals surface area contributed by atoms with Crippen LogP contribution in [-0.4, -0.2) is 24.5 Å². The number of aryl methyl sites for hydroxylation is 1. The number of carboxylic acid groups (broad SMARTS) is 1. The van der Waals surface area contributed by atoms with Crippen LogP contribution in [0.1, 0.15) is 21.5 Å².